The van der Waals surface area contributed by atoms with Gasteiger partial charge in [0, 0.05) is 12.7 Å². The van der Waals surface area contributed by atoms with Gasteiger partial charge in [-0.25, -0.2) is 4.79 Å². The van der Waals surface area contributed by atoms with Gasteiger partial charge in [-0.05, 0) is 18.2 Å². The molecule has 1 atom stereocenters. The van der Waals surface area contributed by atoms with Crippen LogP contribution in [-0.2, 0) is 6.18 Å². The number of anilines is 1. The lowest BCUT2D eigenvalue weighted by Gasteiger charge is -2.22. The van der Waals surface area contributed by atoms with E-state index >= 15 is 0 Å². The van der Waals surface area contributed by atoms with E-state index in [0.717, 1.165) is 25.2 Å². The van der Waals surface area contributed by atoms with E-state index in [2.05, 4.69) is 0 Å². The molecule has 0 aliphatic heterocycles. The van der Waals surface area contributed by atoms with Crippen molar-refractivity contribution >= 4 is 11.7 Å². The third-order valence-corrected chi connectivity index (χ3v) is 2.61. The van der Waals surface area contributed by atoms with Crippen molar-refractivity contribution in [3.05, 3.63) is 29.8 Å². The number of aliphatic hydroxyl groups excluding tert-OH is 1. The van der Waals surface area contributed by atoms with Gasteiger partial charge in [-0.15, -0.1) is 0 Å². The average Bonchev–Trinajstić information content (AvgIpc) is 2.36. The molecule has 0 spiro atoms. The van der Waals surface area contributed by atoms with Gasteiger partial charge in [-0.1, -0.05) is 6.07 Å². The Bertz CT molecular complexity index is 529. The zero-order valence-corrected chi connectivity index (χ0v) is 11.2. The summed E-state index contributed by atoms with van der Waals surface area (Å²) >= 11 is 0. The van der Waals surface area contributed by atoms with Crippen LogP contribution >= 0.6 is 0 Å². The lowest BCUT2D eigenvalue weighted by atomic mass is 10.2. The fourth-order valence-corrected chi connectivity index (χ4v) is 1.44. The number of carbonyl (C=O) groups excluding carboxylic acids is 1. The topological polar surface area (TPSA) is 52.6 Å². The average molecular weight is 330 g/mol. The fourth-order valence-electron chi connectivity index (χ4n) is 1.44. The van der Waals surface area contributed by atoms with Crippen LogP contribution in [0.5, 0.6) is 0 Å². The number of nitrogens with zero attached hydrogens (tertiary/aromatic N) is 1. The Morgan fingerprint density at radius 1 is 1.27 bits per heavy atom. The number of hydrogen-bond acceptors (Lipinski definition) is 2. The van der Waals surface area contributed by atoms with Crippen molar-refractivity contribution in [2.45, 2.75) is 18.5 Å². The van der Waals surface area contributed by atoms with Crippen molar-refractivity contribution in [3.8, 4) is 0 Å². The van der Waals surface area contributed by atoms with Crippen LogP contribution in [0.2, 0.25) is 0 Å². The summed E-state index contributed by atoms with van der Waals surface area (Å²) < 4.78 is 73.9. The number of urea groups is 1. The van der Waals surface area contributed by atoms with Crippen LogP contribution in [0, 0.1) is 0 Å². The van der Waals surface area contributed by atoms with Crippen LogP contribution in [0.15, 0.2) is 24.3 Å². The predicted molar refractivity (Wildman–Crippen MR) is 65.2 cm³/mol. The molecule has 0 aliphatic rings. The Morgan fingerprint density at radius 3 is 2.36 bits per heavy atom. The second kappa shape index (κ2) is 6.42. The Balaban J connectivity index is 2.73. The number of amides is 2. The monoisotopic (exact) mass is 330 g/mol. The molecule has 2 N–H and O–H groups in total. The lowest BCUT2D eigenvalue weighted by molar-refractivity contribution is -0.205. The third-order valence-electron chi connectivity index (χ3n) is 2.61. The molecule has 0 bridgehead atoms. The summed E-state index contributed by atoms with van der Waals surface area (Å²) in [6.45, 7) is -1.05. The van der Waals surface area contributed by atoms with Gasteiger partial charge in [0.2, 0.25) is 0 Å². The zero-order chi connectivity index (χ0) is 17.1. The lowest BCUT2D eigenvalue weighted by Crippen LogP contribution is -2.43. The van der Waals surface area contributed by atoms with E-state index in [0.29, 0.717) is 11.0 Å². The molecule has 1 rings (SSSR count). The van der Waals surface area contributed by atoms with Crippen molar-refractivity contribution in [2.24, 2.45) is 0 Å². The summed E-state index contributed by atoms with van der Waals surface area (Å²) in [6, 6.07) is 2.55. The molecule has 22 heavy (non-hydrogen) atoms. The highest BCUT2D eigenvalue weighted by atomic mass is 19.4. The predicted octanol–water partition coefficient (Wildman–Crippen LogP) is 3.09. The van der Waals surface area contributed by atoms with Gasteiger partial charge in [0.05, 0.1) is 12.1 Å². The summed E-state index contributed by atoms with van der Waals surface area (Å²) in [7, 11) is 0.970. The number of halogens is 6. The van der Waals surface area contributed by atoms with Gasteiger partial charge in [0.25, 0.3) is 0 Å². The van der Waals surface area contributed by atoms with Crippen molar-refractivity contribution in [1.29, 1.82) is 0 Å². The molecule has 0 radical (unpaired) electrons. The SMILES string of the molecule is CN(CC(O)C(F)(F)F)C(=O)Nc1cccc(C(F)(F)F)c1. The molecule has 2 amide bonds. The highest BCUT2D eigenvalue weighted by molar-refractivity contribution is 5.89. The largest absolute Gasteiger partial charge is 0.416 e. The Kier molecular flexibility index (Phi) is 5.28. The van der Waals surface area contributed by atoms with Gasteiger partial charge in [-0.3, -0.25) is 0 Å². The quantitative estimate of drug-likeness (QED) is 0.837. The molecule has 0 saturated carbocycles. The maximum absolute atomic E-state index is 12.5. The molecule has 0 heterocycles. The van der Waals surface area contributed by atoms with E-state index < -0.39 is 36.6 Å². The molecule has 0 fully saturated rings. The van der Waals surface area contributed by atoms with Crippen LogP contribution < -0.4 is 5.32 Å². The first-order valence-electron chi connectivity index (χ1n) is 5.85. The number of aliphatic hydroxyl groups is 1. The van der Waals surface area contributed by atoms with Gasteiger partial charge >= 0.3 is 18.4 Å². The van der Waals surface area contributed by atoms with Crippen molar-refractivity contribution in [2.75, 3.05) is 18.9 Å². The van der Waals surface area contributed by atoms with E-state index in [1.807, 2.05) is 5.32 Å². The number of likely N-dealkylation sites (N-methyl/N-ethyl adjacent to an activating group) is 1. The van der Waals surface area contributed by atoms with Gasteiger partial charge < -0.3 is 15.3 Å². The standard InChI is InChI=1S/C12H12F6N2O2/c1-20(6-9(21)12(16,17)18)10(22)19-8-4-2-3-7(5-8)11(13,14)15/h2-5,9,21H,6H2,1H3,(H,19,22). The van der Waals surface area contributed by atoms with E-state index in [1.54, 1.807) is 0 Å². The van der Waals surface area contributed by atoms with E-state index in [1.165, 1.54) is 0 Å². The number of rotatable bonds is 3. The zero-order valence-electron chi connectivity index (χ0n) is 11.2. The Hall–Kier alpha value is -1.97. The second-order valence-electron chi connectivity index (χ2n) is 4.45. The number of alkyl halides is 6. The first kappa shape index (κ1) is 18.1. The van der Waals surface area contributed by atoms with Gasteiger partial charge in [-0.2, -0.15) is 26.3 Å². The molecule has 0 aromatic heterocycles. The highest BCUT2D eigenvalue weighted by Crippen LogP contribution is 2.30. The summed E-state index contributed by atoms with van der Waals surface area (Å²) in [6.07, 6.45) is -12.3. The van der Waals surface area contributed by atoms with Crippen LogP contribution in [0.1, 0.15) is 5.56 Å². The van der Waals surface area contributed by atoms with Crippen molar-refractivity contribution in [3.63, 3.8) is 0 Å². The minimum Gasteiger partial charge on any atom is -0.382 e. The Labute approximate surface area is 121 Å². The maximum atomic E-state index is 12.5. The van der Waals surface area contributed by atoms with Crippen LogP contribution in [-0.4, -0.2) is 41.9 Å². The molecule has 1 aromatic carbocycles. The smallest absolute Gasteiger partial charge is 0.382 e. The first-order valence-corrected chi connectivity index (χ1v) is 5.85. The number of hydrogen-bond donors (Lipinski definition) is 2. The van der Waals surface area contributed by atoms with E-state index in [4.69, 9.17) is 5.11 Å². The Morgan fingerprint density at radius 2 is 1.86 bits per heavy atom. The normalized spacial score (nSPS) is 13.6. The minimum absolute atomic E-state index is 0.229. The molecule has 0 aliphatic carbocycles. The van der Waals surface area contributed by atoms with Crippen LogP contribution in [0.25, 0.3) is 0 Å². The minimum atomic E-state index is -4.90. The third kappa shape index (κ3) is 5.10. The first-order chi connectivity index (χ1) is 9.91. The molecule has 4 nitrogen and oxygen atoms in total. The molecule has 0 saturated heterocycles. The summed E-state index contributed by atoms with van der Waals surface area (Å²) in [5.41, 5.74) is -1.24. The maximum Gasteiger partial charge on any atom is 0.416 e. The van der Waals surface area contributed by atoms with Crippen molar-refractivity contribution < 1.29 is 36.2 Å². The van der Waals surface area contributed by atoms with Gasteiger partial charge in [0.1, 0.15) is 0 Å². The van der Waals surface area contributed by atoms with E-state index in [9.17, 15) is 31.1 Å². The second-order valence-corrected chi connectivity index (χ2v) is 4.45. The summed E-state index contributed by atoms with van der Waals surface area (Å²) in [5.74, 6) is 0. The highest BCUT2D eigenvalue weighted by Gasteiger charge is 2.39. The molecular weight excluding hydrogens is 318 g/mol. The molecular formula is C12H12F6N2O2. The molecule has 1 aromatic rings. The number of carbonyl (C=O) groups is 1. The number of benzene rings is 1. The fraction of sp³-hybridized carbons (Fsp3) is 0.417. The van der Waals surface area contributed by atoms with Gasteiger partial charge in [0.15, 0.2) is 6.10 Å². The van der Waals surface area contributed by atoms with E-state index in [-0.39, 0.29) is 5.69 Å². The molecule has 1 unspecified atom stereocenters. The molecule has 124 valence electrons. The summed E-state index contributed by atoms with van der Waals surface area (Å²) in [5, 5.41) is 10.8. The van der Waals surface area contributed by atoms with Crippen molar-refractivity contribution in [1.82, 2.24) is 4.90 Å². The molecule has 10 heteroatoms. The summed E-state index contributed by atoms with van der Waals surface area (Å²) in [4.78, 5) is 12.1. The number of nitrogens with one attached hydrogen (secondary N) is 1. The van der Waals surface area contributed by atoms with Crippen LogP contribution in [0.4, 0.5) is 36.8 Å². The van der Waals surface area contributed by atoms with Crippen LogP contribution in [0.3, 0.4) is 0 Å².